The minimum atomic E-state index is 1.00. The third-order valence-corrected chi connectivity index (χ3v) is 0. The van der Waals surface area contributed by atoms with E-state index in [4.69, 9.17) is 0 Å². The molecule has 0 nitrogen and oxygen atoms in total. The summed E-state index contributed by atoms with van der Waals surface area (Å²) in [6.07, 6.45) is 0. The zero-order valence-corrected chi connectivity index (χ0v) is 7.32. The molecule has 0 aromatic carbocycles. The topological polar surface area (TPSA) is 0 Å². The predicted molar refractivity (Wildman–Crippen MR) is 15.1 cm³/mol. The van der Waals surface area contributed by atoms with Crippen LogP contribution in [0.5, 0.6) is 0 Å². The average molecular weight is 156 g/mol. The van der Waals surface area contributed by atoms with Gasteiger partial charge >= 0.3 is 43.1 Å². The molecule has 0 radical (unpaired) electrons. The quantitative estimate of drug-likeness (QED) is 0.464. The Kier molecular flexibility index (Phi) is 2.68. The molecule has 0 rings (SSSR count). The predicted octanol–water partition coefficient (Wildman–Crippen LogP) is 1.36. The van der Waals surface area contributed by atoms with Gasteiger partial charge in [-0.3, -0.25) is 0 Å². The Labute approximate surface area is 43.3 Å². The van der Waals surface area contributed by atoms with Crippen molar-refractivity contribution in [2.45, 2.75) is 17.3 Å². The van der Waals surface area contributed by atoms with Crippen LogP contribution in [0.1, 0.15) is 13.8 Å². The van der Waals surface area contributed by atoms with Crippen LogP contribution >= 0.6 is 0 Å². The molecule has 0 aliphatic rings. The van der Waals surface area contributed by atoms with E-state index < -0.39 is 0 Å². The van der Waals surface area contributed by atoms with E-state index in [0.29, 0.717) is 0 Å². The molecule has 0 unspecified atom stereocenters. The van der Waals surface area contributed by atoms with Gasteiger partial charge in [0.25, 0.3) is 0 Å². The Hall–Kier alpha value is 0.922. The van der Waals surface area contributed by atoms with Crippen LogP contribution in [0.15, 0.2) is 0 Å². The van der Waals surface area contributed by atoms with Crippen molar-refractivity contribution < 1.29 is 25.8 Å². The second kappa shape index (κ2) is 2.18. The zero-order valence-electron chi connectivity index (χ0n) is 3.28. The molecule has 0 heterocycles. The summed E-state index contributed by atoms with van der Waals surface area (Å²) >= 11 is 1.17. The van der Waals surface area contributed by atoms with E-state index in [1.807, 2.05) is 0 Å². The summed E-state index contributed by atoms with van der Waals surface area (Å²) in [5.74, 6) is 0. The SMILES string of the molecule is C[CH](C)[Cd]. The van der Waals surface area contributed by atoms with Crippen molar-refractivity contribution in [1.29, 1.82) is 0 Å². The molecule has 0 fully saturated rings. The molecule has 0 bridgehead atoms. The van der Waals surface area contributed by atoms with Crippen LogP contribution < -0.4 is 0 Å². The fourth-order valence-electron chi connectivity index (χ4n) is 0. The van der Waals surface area contributed by atoms with Gasteiger partial charge in [-0.2, -0.15) is 0 Å². The summed E-state index contributed by atoms with van der Waals surface area (Å²) in [7, 11) is 0. The number of hydrogen-bond donors (Lipinski definition) is 0. The van der Waals surface area contributed by atoms with E-state index in [0.717, 1.165) is 3.48 Å². The second-order valence-corrected chi connectivity index (χ2v) is 6.05. The Morgan fingerprint density at radius 3 is 1.50 bits per heavy atom. The number of rotatable bonds is 0. The van der Waals surface area contributed by atoms with Crippen molar-refractivity contribution in [2.75, 3.05) is 0 Å². The van der Waals surface area contributed by atoms with Gasteiger partial charge in [-0.05, 0) is 0 Å². The third kappa shape index (κ3) is 12.7. The van der Waals surface area contributed by atoms with Crippen LogP contribution in [0.2, 0.25) is 3.48 Å². The van der Waals surface area contributed by atoms with E-state index >= 15 is 0 Å². The van der Waals surface area contributed by atoms with E-state index in [9.17, 15) is 0 Å². The van der Waals surface area contributed by atoms with Crippen LogP contribution in [0.25, 0.3) is 0 Å². The van der Waals surface area contributed by atoms with Crippen molar-refractivity contribution in [3.05, 3.63) is 0 Å². The van der Waals surface area contributed by atoms with Crippen molar-refractivity contribution in [1.82, 2.24) is 0 Å². The summed E-state index contributed by atoms with van der Waals surface area (Å²) < 4.78 is 1.00. The average Bonchev–Trinajstić information content (AvgIpc) is 0.811. The third-order valence-electron chi connectivity index (χ3n) is 0. The summed E-state index contributed by atoms with van der Waals surface area (Å²) in [5.41, 5.74) is 0. The van der Waals surface area contributed by atoms with Gasteiger partial charge in [0.1, 0.15) is 0 Å². The maximum atomic E-state index is 2.24. The molecular weight excluding hydrogens is 148 g/mol. The van der Waals surface area contributed by atoms with Crippen LogP contribution in [0.4, 0.5) is 0 Å². The van der Waals surface area contributed by atoms with Gasteiger partial charge in [0.05, 0.1) is 0 Å². The fourth-order valence-corrected chi connectivity index (χ4v) is 0. The first-order valence-electron chi connectivity index (χ1n) is 1.56. The van der Waals surface area contributed by atoms with Gasteiger partial charge in [0.15, 0.2) is 0 Å². The van der Waals surface area contributed by atoms with E-state index in [1.54, 1.807) is 0 Å². The van der Waals surface area contributed by atoms with E-state index in [1.165, 1.54) is 25.8 Å². The van der Waals surface area contributed by atoms with Gasteiger partial charge in [0.2, 0.25) is 0 Å². The van der Waals surface area contributed by atoms with Gasteiger partial charge in [-0.25, -0.2) is 0 Å². The first-order valence-corrected chi connectivity index (χ1v) is 3.89. The van der Waals surface area contributed by atoms with E-state index in [2.05, 4.69) is 13.8 Å². The molecule has 1 heteroatoms. The Morgan fingerprint density at radius 2 is 1.50 bits per heavy atom. The first-order chi connectivity index (χ1) is 1.73. The molecule has 0 spiro atoms. The molecule has 0 atom stereocenters. The summed E-state index contributed by atoms with van der Waals surface area (Å²) in [6.45, 7) is 4.48. The molecule has 4 heavy (non-hydrogen) atoms. The van der Waals surface area contributed by atoms with E-state index in [-0.39, 0.29) is 0 Å². The van der Waals surface area contributed by atoms with Crippen molar-refractivity contribution >= 4 is 0 Å². The van der Waals surface area contributed by atoms with Crippen molar-refractivity contribution in [3.8, 4) is 0 Å². The Morgan fingerprint density at radius 1 is 1.50 bits per heavy atom. The molecule has 21 valence electrons. The normalized spacial score (nSPS) is 9.25. The molecule has 0 N–H and O–H groups in total. The molecule has 0 aliphatic heterocycles. The molecule has 0 aromatic rings. The van der Waals surface area contributed by atoms with Gasteiger partial charge in [-0.1, -0.05) is 0 Å². The summed E-state index contributed by atoms with van der Waals surface area (Å²) in [6, 6.07) is 0. The van der Waals surface area contributed by atoms with Crippen LogP contribution in [-0.4, -0.2) is 0 Å². The molecule has 0 amide bonds. The zero-order chi connectivity index (χ0) is 3.58. The van der Waals surface area contributed by atoms with Crippen LogP contribution in [-0.2, 0) is 25.8 Å². The monoisotopic (exact) mass is 157 g/mol. The van der Waals surface area contributed by atoms with Gasteiger partial charge < -0.3 is 0 Å². The maximum absolute atomic E-state index is 2.24. The molecular formula is C3H7Cd. The minimum absolute atomic E-state index is 1.00. The second-order valence-electron chi connectivity index (χ2n) is 1.39. The number of hydrogen-bond acceptors (Lipinski definition) is 0. The molecule has 0 aromatic heterocycles. The Bertz CT molecular complexity index is 8.00. The Balaban J connectivity index is 2.32. The van der Waals surface area contributed by atoms with Crippen molar-refractivity contribution in [2.24, 2.45) is 0 Å². The standard InChI is InChI=1S/C3H7.Cd/c1-3-2;/h3H,1-2H3;. The molecule has 0 aliphatic carbocycles. The molecule has 0 saturated carbocycles. The van der Waals surface area contributed by atoms with Crippen molar-refractivity contribution in [3.63, 3.8) is 0 Å². The fraction of sp³-hybridized carbons (Fsp3) is 1.00. The van der Waals surface area contributed by atoms with Gasteiger partial charge in [-0.15, -0.1) is 0 Å². The first kappa shape index (κ1) is 4.92. The van der Waals surface area contributed by atoms with Crippen LogP contribution in [0.3, 0.4) is 0 Å². The van der Waals surface area contributed by atoms with Gasteiger partial charge in [0, 0.05) is 0 Å². The summed E-state index contributed by atoms with van der Waals surface area (Å²) in [4.78, 5) is 0. The molecule has 0 saturated heterocycles. The summed E-state index contributed by atoms with van der Waals surface area (Å²) in [5, 5.41) is 0. The van der Waals surface area contributed by atoms with Crippen LogP contribution in [0, 0.1) is 0 Å².